The minimum absolute atomic E-state index is 0.0744. The average molecular weight is 412 g/mol. The van der Waals surface area contributed by atoms with Gasteiger partial charge in [-0.2, -0.15) is 0 Å². The van der Waals surface area contributed by atoms with Crippen molar-refractivity contribution in [2.45, 2.75) is 39.5 Å². The molecule has 0 fully saturated rings. The topological polar surface area (TPSA) is 69.7 Å². The fourth-order valence-corrected chi connectivity index (χ4v) is 4.20. The van der Waals surface area contributed by atoms with Gasteiger partial charge in [0.25, 0.3) is 0 Å². The Labute approximate surface area is 175 Å². The molecule has 6 heteroatoms. The molecule has 0 bridgehead atoms. The number of ether oxygens (including phenoxy) is 2. The Hall–Kier alpha value is -3.02. The Morgan fingerprint density at radius 3 is 2.30 bits per heavy atom. The van der Waals surface area contributed by atoms with Gasteiger partial charge in [0.1, 0.15) is 5.82 Å². The van der Waals surface area contributed by atoms with Gasteiger partial charge in [-0.05, 0) is 41.5 Å². The second-order valence-corrected chi connectivity index (χ2v) is 8.35. The zero-order valence-corrected chi connectivity index (χ0v) is 17.6. The molecule has 0 spiro atoms. The van der Waals surface area contributed by atoms with Gasteiger partial charge in [-0.3, -0.25) is 9.59 Å². The summed E-state index contributed by atoms with van der Waals surface area (Å²) in [6.45, 7) is 4.06. The van der Waals surface area contributed by atoms with Crippen LogP contribution in [0.15, 0.2) is 52.6 Å². The highest BCUT2D eigenvalue weighted by molar-refractivity contribution is 6.18. The van der Waals surface area contributed by atoms with Crippen molar-refractivity contribution in [2.24, 2.45) is 5.41 Å². The van der Waals surface area contributed by atoms with Crippen molar-refractivity contribution in [2.75, 3.05) is 14.2 Å². The molecule has 1 aromatic carbocycles. The van der Waals surface area contributed by atoms with Crippen LogP contribution in [0.4, 0.5) is 4.39 Å². The number of esters is 2. The smallest absolute Gasteiger partial charge is 0.338 e. The van der Waals surface area contributed by atoms with E-state index in [9.17, 15) is 18.8 Å². The summed E-state index contributed by atoms with van der Waals surface area (Å²) in [5.74, 6) is -1.67. The molecule has 158 valence electrons. The number of hydrogen-bond donors (Lipinski definition) is 0. The van der Waals surface area contributed by atoms with E-state index in [0.29, 0.717) is 41.5 Å². The molecule has 0 heterocycles. The zero-order chi connectivity index (χ0) is 22.1. The minimum atomic E-state index is -0.657. The van der Waals surface area contributed by atoms with E-state index in [2.05, 4.69) is 0 Å². The highest BCUT2D eigenvalue weighted by Gasteiger charge is 2.38. The van der Waals surface area contributed by atoms with Gasteiger partial charge >= 0.3 is 11.9 Å². The number of hydrogen-bond acceptors (Lipinski definition) is 5. The Morgan fingerprint density at radius 2 is 1.70 bits per heavy atom. The number of carbonyl (C=O) groups excluding carboxylic acids is 3. The first-order chi connectivity index (χ1) is 14.2. The van der Waals surface area contributed by atoms with E-state index in [1.807, 2.05) is 13.8 Å². The van der Waals surface area contributed by atoms with Gasteiger partial charge in [-0.15, -0.1) is 0 Å². The van der Waals surface area contributed by atoms with Gasteiger partial charge in [0.2, 0.25) is 0 Å². The fraction of sp³-hybridized carbons (Fsp3) is 0.375. The van der Waals surface area contributed by atoms with E-state index >= 15 is 0 Å². The number of benzene rings is 1. The lowest BCUT2D eigenvalue weighted by Crippen LogP contribution is -2.26. The summed E-state index contributed by atoms with van der Waals surface area (Å²) >= 11 is 0. The number of carbonyl (C=O) groups is 3. The van der Waals surface area contributed by atoms with Crippen molar-refractivity contribution in [1.82, 2.24) is 0 Å². The van der Waals surface area contributed by atoms with Crippen LogP contribution in [0.25, 0.3) is 5.57 Å². The second kappa shape index (κ2) is 8.38. The van der Waals surface area contributed by atoms with Crippen molar-refractivity contribution >= 4 is 23.3 Å². The Kier molecular flexibility index (Phi) is 6.06. The molecule has 5 nitrogen and oxygen atoms in total. The normalized spacial score (nSPS) is 18.4. The maximum Gasteiger partial charge on any atom is 0.338 e. The van der Waals surface area contributed by atoms with Crippen molar-refractivity contribution in [3.05, 3.63) is 64.0 Å². The maximum atomic E-state index is 13.6. The summed E-state index contributed by atoms with van der Waals surface area (Å²) in [7, 11) is 2.52. The highest BCUT2D eigenvalue weighted by Crippen LogP contribution is 2.46. The van der Waals surface area contributed by atoms with Crippen LogP contribution in [-0.2, 0) is 23.9 Å². The predicted molar refractivity (Wildman–Crippen MR) is 110 cm³/mol. The summed E-state index contributed by atoms with van der Waals surface area (Å²) < 4.78 is 23.4. The van der Waals surface area contributed by atoms with Crippen LogP contribution in [0.5, 0.6) is 0 Å². The number of Topliss-reactive ketones (excluding diaryl/α,β-unsaturated/α-hetero) is 1. The molecule has 0 saturated carbocycles. The molecule has 2 aliphatic carbocycles. The summed E-state index contributed by atoms with van der Waals surface area (Å²) in [5, 5.41) is 0. The van der Waals surface area contributed by atoms with Crippen LogP contribution in [0.2, 0.25) is 0 Å². The molecule has 0 atom stereocenters. The standard InChI is InChI=1S/C24H25FO5/c1-24(2)12-16-6-5-15(11-19(27)29-3)22(23(28)30-4)21(20(16)18(26)13-24)14-7-9-17(25)10-8-14/h5,7-10H,6,11-13H2,1-4H3. The van der Waals surface area contributed by atoms with Crippen LogP contribution in [-0.4, -0.2) is 31.9 Å². The molecule has 0 N–H and O–H groups in total. The molecule has 30 heavy (non-hydrogen) atoms. The summed E-state index contributed by atoms with van der Waals surface area (Å²) in [6, 6.07) is 5.63. The lowest BCUT2D eigenvalue weighted by atomic mass is 9.70. The van der Waals surface area contributed by atoms with E-state index in [4.69, 9.17) is 9.47 Å². The maximum absolute atomic E-state index is 13.6. The highest BCUT2D eigenvalue weighted by atomic mass is 19.1. The largest absolute Gasteiger partial charge is 0.469 e. The van der Waals surface area contributed by atoms with Crippen LogP contribution >= 0.6 is 0 Å². The molecular weight excluding hydrogens is 387 g/mol. The Balaban J connectivity index is 2.34. The van der Waals surface area contributed by atoms with E-state index in [-0.39, 0.29) is 23.2 Å². The number of halogens is 1. The van der Waals surface area contributed by atoms with Crippen LogP contribution in [0.3, 0.4) is 0 Å². The molecule has 0 aromatic heterocycles. The quantitative estimate of drug-likeness (QED) is 0.689. The van der Waals surface area contributed by atoms with E-state index in [1.165, 1.54) is 38.5 Å². The van der Waals surface area contributed by atoms with E-state index < -0.39 is 17.8 Å². The molecule has 1 aromatic rings. The lowest BCUT2D eigenvalue weighted by Gasteiger charge is -2.32. The number of ketones is 1. The van der Waals surface area contributed by atoms with Gasteiger partial charge in [-0.25, -0.2) is 9.18 Å². The predicted octanol–water partition coefficient (Wildman–Crippen LogP) is 4.33. The van der Waals surface area contributed by atoms with Gasteiger partial charge in [0, 0.05) is 17.6 Å². The van der Waals surface area contributed by atoms with Crippen molar-refractivity contribution < 1.29 is 28.2 Å². The first kappa shape index (κ1) is 21.7. The van der Waals surface area contributed by atoms with Gasteiger partial charge in [-0.1, -0.05) is 37.6 Å². The second-order valence-electron chi connectivity index (χ2n) is 8.35. The molecule has 0 radical (unpaired) electrons. The summed E-state index contributed by atoms with van der Waals surface area (Å²) in [4.78, 5) is 38.2. The molecule has 0 aliphatic heterocycles. The van der Waals surface area contributed by atoms with Crippen molar-refractivity contribution in [1.29, 1.82) is 0 Å². The summed E-state index contributed by atoms with van der Waals surface area (Å²) in [6.07, 6.45) is 3.10. The molecular formula is C24H25FO5. The number of allylic oxidation sites excluding steroid dienone is 4. The third-order valence-corrected chi connectivity index (χ3v) is 5.46. The zero-order valence-electron chi connectivity index (χ0n) is 17.6. The first-order valence-corrected chi connectivity index (χ1v) is 9.77. The lowest BCUT2D eigenvalue weighted by molar-refractivity contribution is -0.139. The fourth-order valence-electron chi connectivity index (χ4n) is 4.20. The minimum Gasteiger partial charge on any atom is -0.469 e. The van der Waals surface area contributed by atoms with Crippen LogP contribution in [0, 0.1) is 11.2 Å². The summed E-state index contributed by atoms with van der Waals surface area (Å²) in [5.41, 5.74) is 2.66. The average Bonchev–Trinajstić information content (AvgIpc) is 2.84. The van der Waals surface area contributed by atoms with Crippen LogP contribution < -0.4 is 0 Å². The van der Waals surface area contributed by atoms with Crippen molar-refractivity contribution in [3.63, 3.8) is 0 Å². The molecule has 2 aliphatic rings. The molecule has 0 amide bonds. The van der Waals surface area contributed by atoms with E-state index in [1.54, 1.807) is 6.08 Å². The van der Waals surface area contributed by atoms with Gasteiger partial charge in [0.15, 0.2) is 5.78 Å². The SMILES string of the molecule is COC(=O)CC1=CCC2=C(C(=O)CC(C)(C)C2)C(c2ccc(F)cc2)=C1C(=O)OC. The molecule has 0 unspecified atom stereocenters. The number of rotatable bonds is 4. The molecule has 0 saturated heterocycles. The van der Waals surface area contributed by atoms with Crippen molar-refractivity contribution in [3.8, 4) is 0 Å². The van der Waals surface area contributed by atoms with Gasteiger partial charge < -0.3 is 9.47 Å². The Bertz CT molecular complexity index is 993. The van der Waals surface area contributed by atoms with Crippen LogP contribution in [0.1, 0.15) is 45.1 Å². The van der Waals surface area contributed by atoms with E-state index in [0.717, 1.165) is 5.57 Å². The third-order valence-electron chi connectivity index (χ3n) is 5.46. The monoisotopic (exact) mass is 412 g/mol. The Morgan fingerprint density at radius 1 is 1.03 bits per heavy atom. The third kappa shape index (κ3) is 4.27. The number of methoxy groups -OCH3 is 2. The first-order valence-electron chi connectivity index (χ1n) is 9.77. The molecule has 3 rings (SSSR count). The van der Waals surface area contributed by atoms with Gasteiger partial charge in [0.05, 0.1) is 26.2 Å².